The molecule has 1 unspecified atom stereocenters. The summed E-state index contributed by atoms with van der Waals surface area (Å²) >= 11 is 0. The molecule has 0 aromatic heterocycles. The lowest BCUT2D eigenvalue weighted by atomic mass is 10.0. The summed E-state index contributed by atoms with van der Waals surface area (Å²) < 4.78 is 27.8. The van der Waals surface area contributed by atoms with Gasteiger partial charge in [-0.15, -0.1) is 0 Å². The minimum atomic E-state index is -4.08. The number of Topliss-reactive ketones (excluding diaryl/α,β-unsaturated/α-hetero) is 1. The van der Waals surface area contributed by atoms with E-state index in [1.165, 1.54) is 6.42 Å². The Kier molecular flexibility index (Phi) is 9.14. The van der Waals surface area contributed by atoms with Gasteiger partial charge in [-0.1, -0.05) is 70.1 Å². The van der Waals surface area contributed by atoms with Gasteiger partial charge in [0.05, 0.1) is 0 Å². The first-order valence-corrected chi connectivity index (χ1v) is 12.3. The first kappa shape index (κ1) is 23.4. The predicted octanol–water partition coefficient (Wildman–Crippen LogP) is 4.86. The largest absolute Gasteiger partial charge is 0.332 e. The Bertz CT molecular complexity index is 805. The molecule has 0 heterocycles. The molecule has 1 aliphatic carbocycles. The van der Waals surface area contributed by atoms with E-state index in [-0.39, 0.29) is 18.6 Å². The molecule has 0 aliphatic heterocycles. The fraction of sp³-hybridized carbons (Fsp3) is 0.636. The highest BCUT2D eigenvalue weighted by atomic mass is 32.2. The highest BCUT2D eigenvalue weighted by Gasteiger charge is 2.33. The summed E-state index contributed by atoms with van der Waals surface area (Å²) in [7, 11) is -4.08. The molecule has 1 fully saturated rings. The lowest BCUT2D eigenvalue weighted by molar-refractivity contribution is -0.118. The fourth-order valence-corrected chi connectivity index (χ4v) is 5.27. The number of para-hydroxylation sites is 1. The van der Waals surface area contributed by atoms with Crippen LogP contribution in [0.2, 0.25) is 0 Å². The molecule has 7 heteroatoms. The maximum atomic E-state index is 12.9. The van der Waals surface area contributed by atoms with Crippen LogP contribution in [0.15, 0.2) is 18.2 Å². The van der Waals surface area contributed by atoms with Gasteiger partial charge < -0.3 is 5.32 Å². The molecule has 0 saturated heterocycles. The molecule has 2 amide bonds. The Morgan fingerprint density at radius 3 is 2.31 bits per heavy atom. The number of benzene rings is 1. The number of sulfonamides is 1. The van der Waals surface area contributed by atoms with Crippen LogP contribution < -0.4 is 10.0 Å². The molecule has 1 aromatic rings. The van der Waals surface area contributed by atoms with Crippen LogP contribution in [0.4, 0.5) is 10.5 Å². The van der Waals surface area contributed by atoms with Gasteiger partial charge >= 0.3 is 6.03 Å². The zero-order valence-electron chi connectivity index (χ0n) is 17.6. The van der Waals surface area contributed by atoms with Crippen molar-refractivity contribution in [2.45, 2.75) is 89.7 Å². The Balaban J connectivity index is 2.10. The number of rotatable bonds is 4. The first-order chi connectivity index (χ1) is 13.8. The van der Waals surface area contributed by atoms with Crippen molar-refractivity contribution in [2.24, 2.45) is 0 Å². The van der Waals surface area contributed by atoms with Crippen molar-refractivity contribution in [1.29, 1.82) is 0 Å². The van der Waals surface area contributed by atoms with E-state index in [2.05, 4.69) is 10.0 Å². The normalized spacial score (nSPS) is 19.7. The number of nitrogens with one attached hydrogen (secondary N) is 2. The minimum Gasteiger partial charge on any atom is -0.307 e. The topological polar surface area (TPSA) is 92.3 Å². The fourth-order valence-electron chi connectivity index (χ4n) is 3.88. The number of hydrogen-bond donors (Lipinski definition) is 2. The van der Waals surface area contributed by atoms with E-state index >= 15 is 0 Å². The second-order valence-corrected chi connectivity index (χ2v) is 9.75. The summed E-state index contributed by atoms with van der Waals surface area (Å²) in [6, 6.07) is 4.85. The average Bonchev–Trinajstić information content (AvgIpc) is 2.65. The molecular formula is C22H34N2O4S. The van der Waals surface area contributed by atoms with E-state index in [4.69, 9.17) is 0 Å². The SMILES string of the molecule is CCc1cccc(C)c1NC(=O)NS(=O)(=O)C1CCCCCCCCCCC1=O. The van der Waals surface area contributed by atoms with Crippen molar-refractivity contribution in [2.75, 3.05) is 5.32 Å². The number of carbonyl (C=O) groups excluding carboxylic acids is 2. The van der Waals surface area contributed by atoms with Gasteiger partial charge in [-0.25, -0.2) is 17.9 Å². The molecule has 162 valence electrons. The Morgan fingerprint density at radius 2 is 1.66 bits per heavy atom. The van der Waals surface area contributed by atoms with Gasteiger partial charge in [0.1, 0.15) is 5.25 Å². The summed E-state index contributed by atoms with van der Waals surface area (Å²) in [6.07, 6.45) is 8.95. The summed E-state index contributed by atoms with van der Waals surface area (Å²) in [5, 5.41) is 1.51. The molecule has 0 spiro atoms. The van der Waals surface area contributed by atoms with Crippen LogP contribution in [0.1, 0.15) is 82.3 Å². The van der Waals surface area contributed by atoms with Crippen molar-refractivity contribution in [3.63, 3.8) is 0 Å². The monoisotopic (exact) mass is 422 g/mol. The third-order valence-corrected chi connectivity index (χ3v) is 7.30. The van der Waals surface area contributed by atoms with E-state index in [0.29, 0.717) is 24.9 Å². The molecular weight excluding hydrogens is 388 g/mol. The summed E-state index contributed by atoms with van der Waals surface area (Å²) in [5.74, 6) is -0.281. The second kappa shape index (κ2) is 11.3. The number of carbonyl (C=O) groups is 2. The molecule has 2 rings (SSSR count). The van der Waals surface area contributed by atoms with Crippen LogP contribution in [-0.2, 0) is 21.2 Å². The van der Waals surface area contributed by atoms with Crippen LogP contribution in [0.5, 0.6) is 0 Å². The van der Waals surface area contributed by atoms with E-state index < -0.39 is 21.3 Å². The van der Waals surface area contributed by atoms with Crippen molar-refractivity contribution < 1.29 is 18.0 Å². The standard InChI is InChI=1S/C22H34N2O4S/c1-3-18-14-12-13-17(2)21(18)23-22(26)24-29(27,28)20-16-11-9-7-5-4-6-8-10-15-19(20)25/h12-14,20H,3-11,15-16H2,1-2H3,(H2,23,24,26). The first-order valence-electron chi connectivity index (χ1n) is 10.8. The molecule has 1 aromatic carbocycles. The maximum absolute atomic E-state index is 12.9. The van der Waals surface area contributed by atoms with Crippen LogP contribution >= 0.6 is 0 Å². The minimum absolute atomic E-state index is 0.255. The van der Waals surface area contributed by atoms with Crippen LogP contribution in [0, 0.1) is 6.92 Å². The number of hydrogen-bond acceptors (Lipinski definition) is 4. The zero-order valence-corrected chi connectivity index (χ0v) is 18.4. The van der Waals surface area contributed by atoms with Gasteiger partial charge in [0.2, 0.25) is 10.0 Å². The van der Waals surface area contributed by atoms with Crippen molar-refractivity contribution in [3.8, 4) is 0 Å². The van der Waals surface area contributed by atoms with Gasteiger partial charge in [-0.2, -0.15) is 0 Å². The van der Waals surface area contributed by atoms with Crippen LogP contribution in [-0.4, -0.2) is 25.5 Å². The molecule has 1 aliphatic rings. The Labute approximate surface area is 174 Å². The second-order valence-electron chi connectivity index (χ2n) is 7.89. The average molecular weight is 423 g/mol. The van der Waals surface area contributed by atoms with E-state index in [0.717, 1.165) is 43.2 Å². The smallest absolute Gasteiger partial charge is 0.307 e. The number of urea groups is 1. The lowest BCUT2D eigenvalue weighted by Gasteiger charge is -2.19. The van der Waals surface area contributed by atoms with E-state index in [9.17, 15) is 18.0 Å². The highest BCUT2D eigenvalue weighted by molar-refractivity contribution is 7.91. The van der Waals surface area contributed by atoms with Gasteiger partial charge in [0.25, 0.3) is 0 Å². The summed E-state index contributed by atoms with van der Waals surface area (Å²) in [5.41, 5.74) is 2.41. The summed E-state index contributed by atoms with van der Waals surface area (Å²) in [6.45, 7) is 3.83. The predicted molar refractivity (Wildman–Crippen MR) is 117 cm³/mol. The number of aryl methyl sites for hydroxylation is 2. The molecule has 0 radical (unpaired) electrons. The molecule has 6 nitrogen and oxygen atoms in total. The summed E-state index contributed by atoms with van der Waals surface area (Å²) in [4.78, 5) is 25.1. The van der Waals surface area contributed by atoms with Gasteiger partial charge in [-0.3, -0.25) is 4.79 Å². The van der Waals surface area contributed by atoms with Crippen molar-refractivity contribution in [1.82, 2.24) is 4.72 Å². The van der Waals surface area contributed by atoms with Gasteiger partial charge in [-0.05, 0) is 37.3 Å². The third kappa shape index (κ3) is 7.14. The number of anilines is 1. The Morgan fingerprint density at radius 1 is 1.03 bits per heavy atom. The number of amides is 2. The van der Waals surface area contributed by atoms with Crippen LogP contribution in [0.3, 0.4) is 0 Å². The van der Waals surface area contributed by atoms with Gasteiger partial charge in [0, 0.05) is 12.1 Å². The molecule has 1 atom stereocenters. The molecule has 1 saturated carbocycles. The Hall–Kier alpha value is -1.89. The molecule has 29 heavy (non-hydrogen) atoms. The maximum Gasteiger partial charge on any atom is 0.332 e. The zero-order chi connectivity index (χ0) is 21.3. The molecule has 2 N–H and O–H groups in total. The van der Waals surface area contributed by atoms with Crippen LogP contribution in [0.25, 0.3) is 0 Å². The van der Waals surface area contributed by atoms with Crippen molar-refractivity contribution in [3.05, 3.63) is 29.3 Å². The van der Waals surface area contributed by atoms with E-state index in [1.807, 2.05) is 32.0 Å². The lowest BCUT2D eigenvalue weighted by Crippen LogP contribution is -2.44. The highest BCUT2D eigenvalue weighted by Crippen LogP contribution is 2.22. The quantitative estimate of drug-likeness (QED) is 0.725. The third-order valence-electron chi connectivity index (χ3n) is 5.59. The number of ketones is 1. The van der Waals surface area contributed by atoms with Crippen molar-refractivity contribution >= 4 is 27.5 Å². The van der Waals surface area contributed by atoms with Gasteiger partial charge in [0.15, 0.2) is 5.78 Å². The van der Waals surface area contributed by atoms with E-state index in [1.54, 1.807) is 0 Å². The molecule has 0 bridgehead atoms.